The number of alkyl halides is 3. The predicted molar refractivity (Wildman–Crippen MR) is 81.3 cm³/mol. The second kappa shape index (κ2) is 6.11. The number of nitrogens with zero attached hydrogens (tertiary/aromatic N) is 2. The maximum absolute atomic E-state index is 12.4. The van der Waals surface area contributed by atoms with Gasteiger partial charge in [-0.1, -0.05) is 23.9 Å². The van der Waals surface area contributed by atoms with Crippen molar-refractivity contribution < 1.29 is 17.9 Å². The summed E-state index contributed by atoms with van der Waals surface area (Å²) in [5.41, 5.74) is 2.65. The van der Waals surface area contributed by atoms with E-state index in [2.05, 4.69) is 19.7 Å². The van der Waals surface area contributed by atoms with E-state index in [0.717, 1.165) is 11.0 Å². The summed E-state index contributed by atoms with van der Waals surface area (Å²) in [6, 6.07) is 8.79. The highest BCUT2D eigenvalue weighted by Crippen LogP contribution is 2.30. The van der Waals surface area contributed by atoms with Crippen molar-refractivity contribution in [1.29, 1.82) is 0 Å². The molecule has 8 heteroatoms. The molecule has 4 nitrogen and oxygen atoms in total. The average Bonchev–Trinajstić information content (AvgIpc) is 2.89. The Balaban J connectivity index is 1.76. The highest BCUT2D eigenvalue weighted by molar-refractivity contribution is 7.98. The zero-order valence-corrected chi connectivity index (χ0v) is 12.8. The number of H-pyrrole nitrogens is 1. The van der Waals surface area contributed by atoms with Crippen LogP contribution in [-0.4, -0.2) is 21.3 Å². The van der Waals surface area contributed by atoms with Crippen LogP contribution in [0.2, 0.25) is 0 Å². The van der Waals surface area contributed by atoms with Gasteiger partial charge in [-0.15, -0.1) is 13.2 Å². The number of imidazole rings is 1. The number of aromatic amines is 1. The van der Waals surface area contributed by atoms with Gasteiger partial charge in [-0.05, 0) is 25.1 Å². The molecule has 0 aliphatic rings. The Kier molecular flexibility index (Phi) is 4.16. The number of benzene rings is 1. The number of para-hydroxylation sites is 2. The van der Waals surface area contributed by atoms with Gasteiger partial charge in [0.2, 0.25) is 0 Å². The molecule has 0 spiro atoms. The molecule has 3 aromatic rings. The summed E-state index contributed by atoms with van der Waals surface area (Å²) in [4.78, 5) is 11.7. The van der Waals surface area contributed by atoms with Crippen molar-refractivity contribution in [3.63, 3.8) is 0 Å². The van der Waals surface area contributed by atoms with Crippen LogP contribution >= 0.6 is 11.8 Å². The van der Waals surface area contributed by atoms with Crippen molar-refractivity contribution in [3.05, 3.63) is 47.8 Å². The molecule has 3 rings (SSSR count). The topological polar surface area (TPSA) is 50.8 Å². The number of aromatic nitrogens is 3. The number of hydrogen-bond donors (Lipinski definition) is 1. The summed E-state index contributed by atoms with van der Waals surface area (Å²) >= 11 is 1.37. The minimum Gasteiger partial charge on any atom is -0.405 e. The van der Waals surface area contributed by atoms with E-state index in [9.17, 15) is 13.2 Å². The van der Waals surface area contributed by atoms with Crippen LogP contribution in [0.15, 0.2) is 41.7 Å². The first-order chi connectivity index (χ1) is 10.9. The summed E-state index contributed by atoms with van der Waals surface area (Å²) in [6.45, 7) is 1.56. The third-order valence-corrected chi connectivity index (χ3v) is 4.08. The Labute approximate surface area is 134 Å². The van der Waals surface area contributed by atoms with E-state index in [1.54, 1.807) is 6.92 Å². The van der Waals surface area contributed by atoms with Crippen molar-refractivity contribution >= 4 is 22.8 Å². The first-order valence-electron chi connectivity index (χ1n) is 6.70. The molecule has 0 atom stereocenters. The van der Waals surface area contributed by atoms with Crippen LogP contribution in [-0.2, 0) is 5.75 Å². The highest BCUT2D eigenvalue weighted by Gasteiger charge is 2.32. The molecule has 1 N–H and O–H groups in total. The number of hydrogen-bond acceptors (Lipinski definition) is 4. The molecule has 0 aliphatic heterocycles. The molecule has 0 aliphatic carbocycles. The Bertz CT molecular complexity index is 799. The first kappa shape index (κ1) is 15.7. The number of ether oxygens (including phenoxy) is 1. The normalized spacial score (nSPS) is 11.8. The van der Waals surface area contributed by atoms with E-state index >= 15 is 0 Å². The monoisotopic (exact) mass is 339 g/mol. The second-order valence-corrected chi connectivity index (χ2v) is 5.74. The number of nitrogens with one attached hydrogen (secondary N) is 1. The molecular weight excluding hydrogens is 327 g/mol. The summed E-state index contributed by atoms with van der Waals surface area (Å²) in [6.07, 6.45) is -3.40. The highest BCUT2D eigenvalue weighted by atomic mass is 32.2. The van der Waals surface area contributed by atoms with Gasteiger partial charge in [-0.2, -0.15) is 0 Å². The number of halogens is 3. The van der Waals surface area contributed by atoms with Gasteiger partial charge < -0.3 is 9.72 Å². The van der Waals surface area contributed by atoms with Gasteiger partial charge in [0, 0.05) is 17.5 Å². The molecule has 120 valence electrons. The molecule has 23 heavy (non-hydrogen) atoms. The minimum atomic E-state index is -4.71. The van der Waals surface area contributed by atoms with Crippen molar-refractivity contribution in [2.24, 2.45) is 0 Å². The minimum absolute atomic E-state index is 0.229. The fourth-order valence-electron chi connectivity index (χ4n) is 2.07. The second-order valence-electron chi connectivity index (χ2n) is 4.78. The van der Waals surface area contributed by atoms with Gasteiger partial charge in [0.15, 0.2) is 5.16 Å². The van der Waals surface area contributed by atoms with Crippen molar-refractivity contribution in [1.82, 2.24) is 15.0 Å². The average molecular weight is 339 g/mol. The van der Waals surface area contributed by atoms with Crippen molar-refractivity contribution in [3.8, 4) is 5.75 Å². The fraction of sp³-hybridized carbons (Fsp3) is 0.200. The van der Waals surface area contributed by atoms with Crippen LogP contribution in [0.25, 0.3) is 11.0 Å². The van der Waals surface area contributed by atoms with Gasteiger partial charge in [0.1, 0.15) is 5.75 Å². The number of pyridine rings is 1. The van der Waals surface area contributed by atoms with Crippen LogP contribution in [0.4, 0.5) is 13.2 Å². The molecule has 0 radical (unpaired) electrons. The SMILES string of the molecule is Cc1c(OC(F)(F)F)ccnc1CSc1nc2ccccc2[nH]1. The third-order valence-electron chi connectivity index (χ3n) is 3.20. The Morgan fingerprint density at radius 3 is 2.74 bits per heavy atom. The smallest absolute Gasteiger partial charge is 0.405 e. The van der Waals surface area contributed by atoms with Crippen LogP contribution in [0, 0.1) is 6.92 Å². The number of rotatable bonds is 4. The van der Waals surface area contributed by atoms with Crippen LogP contribution in [0.1, 0.15) is 11.3 Å². The third kappa shape index (κ3) is 3.76. The van der Waals surface area contributed by atoms with E-state index in [1.807, 2.05) is 24.3 Å². The molecule has 0 unspecified atom stereocenters. The molecule has 0 amide bonds. The number of fused-ring (bicyclic) bond motifs is 1. The Morgan fingerprint density at radius 1 is 1.22 bits per heavy atom. The summed E-state index contributed by atoms with van der Waals surface area (Å²) in [7, 11) is 0. The van der Waals surface area contributed by atoms with Gasteiger partial charge in [0.05, 0.1) is 16.7 Å². The standard InChI is InChI=1S/C15H12F3N3OS/c1-9-12(19-7-6-13(9)22-15(16,17)18)8-23-14-20-10-4-2-3-5-11(10)21-14/h2-7H,8H2,1H3,(H,20,21). The maximum Gasteiger partial charge on any atom is 0.573 e. The Hall–Kier alpha value is -2.22. The van der Waals surface area contributed by atoms with Crippen LogP contribution in [0.5, 0.6) is 5.75 Å². The zero-order chi connectivity index (χ0) is 16.4. The van der Waals surface area contributed by atoms with Gasteiger partial charge in [0.25, 0.3) is 0 Å². The van der Waals surface area contributed by atoms with E-state index < -0.39 is 6.36 Å². The van der Waals surface area contributed by atoms with Gasteiger partial charge >= 0.3 is 6.36 Å². The van der Waals surface area contributed by atoms with E-state index in [-0.39, 0.29) is 5.75 Å². The Morgan fingerprint density at radius 2 is 2.00 bits per heavy atom. The maximum atomic E-state index is 12.4. The van der Waals surface area contributed by atoms with Crippen LogP contribution < -0.4 is 4.74 Å². The molecule has 0 saturated heterocycles. The van der Waals surface area contributed by atoms with E-state index in [4.69, 9.17) is 0 Å². The van der Waals surface area contributed by atoms with E-state index in [0.29, 0.717) is 22.2 Å². The van der Waals surface area contributed by atoms with Crippen molar-refractivity contribution in [2.75, 3.05) is 0 Å². The molecule has 1 aromatic carbocycles. The van der Waals surface area contributed by atoms with Crippen molar-refractivity contribution in [2.45, 2.75) is 24.2 Å². The molecule has 0 bridgehead atoms. The molecule has 0 saturated carbocycles. The van der Waals surface area contributed by atoms with Gasteiger partial charge in [-0.3, -0.25) is 4.98 Å². The lowest BCUT2D eigenvalue weighted by Gasteiger charge is -2.13. The largest absolute Gasteiger partial charge is 0.573 e. The summed E-state index contributed by atoms with van der Waals surface area (Å²) in [5.74, 6) is 0.161. The first-order valence-corrected chi connectivity index (χ1v) is 7.69. The number of thioether (sulfide) groups is 1. The summed E-state index contributed by atoms with van der Waals surface area (Å²) < 4.78 is 41.1. The predicted octanol–water partition coefficient (Wildman–Crippen LogP) is 4.46. The zero-order valence-electron chi connectivity index (χ0n) is 12.0. The van der Waals surface area contributed by atoms with E-state index in [1.165, 1.54) is 24.0 Å². The molecule has 2 aromatic heterocycles. The molecule has 2 heterocycles. The van der Waals surface area contributed by atoms with Gasteiger partial charge in [-0.25, -0.2) is 4.98 Å². The quantitative estimate of drug-likeness (QED) is 0.713. The summed E-state index contributed by atoms with van der Waals surface area (Å²) in [5, 5.41) is 0.689. The van der Waals surface area contributed by atoms with Crippen LogP contribution in [0.3, 0.4) is 0 Å². The fourth-order valence-corrected chi connectivity index (χ4v) is 2.98. The lowest BCUT2D eigenvalue weighted by Crippen LogP contribution is -2.18. The lowest BCUT2D eigenvalue weighted by atomic mass is 10.2. The molecular formula is C15H12F3N3OS. The molecule has 0 fully saturated rings. The lowest BCUT2D eigenvalue weighted by molar-refractivity contribution is -0.274.